The molecule has 0 aromatic heterocycles. The van der Waals surface area contributed by atoms with Gasteiger partial charge in [-0.2, -0.15) is 0 Å². The van der Waals surface area contributed by atoms with Gasteiger partial charge in [0.05, 0.1) is 18.7 Å². The lowest BCUT2D eigenvalue weighted by molar-refractivity contribution is -0.137. The minimum Gasteiger partial charge on any atom is -0.493 e. The molecule has 0 saturated carbocycles. The standard InChI is InChI=1S/C28H28N2O3/c1-19(2)18-33-23-15-13-22(14-16-23)25-26(29-24-12-8-7-9-20(24)3)28(32)30(27(25)31)17-21-10-5-4-6-11-21/h4-16,19,29H,17-18H2,1-3H3. The third-order valence-corrected chi connectivity index (χ3v) is 5.48. The van der Waals surface area contributed by atoms with Crippen LogP contribution in [-0.4, -0.2) is 23.3 Å². The molecule has 1 N–H and O–H groups in total. The highest BCUT2D eigenvalue weighted by molar-refractivity contribution is 6.36. The molecule has 0 radical (unpaired) electrons. The summed E-state index contributed by atoms with van der Waals surface area (Å²) in [5, 5.41) is 3.24. The first kappa shape index (κ1) is 22.3. The number of para-hydroxylation sites is 1. The first-order valence-electron chi connectivity index (χ1n) is 11.1. The van der Waals surface area contributed by atoms with E-state index in [0.29, 0.717) is 29.4 Å². The molecule has 1 aliphatic rings. The van der Waals surface area contributed by atoms with Crippen molar-refractivity contribution in [1.82, 2.24) is 4.90 Å². The molecular formula is C28H28N2O3. The highest BCUT2D eigenvalue weighted by Gasteiger charge is 2.39. The molecule has 0 saturated heterocycles. The predicted molar refractivity (Wildman–Crippen MR) is 130 cm³/mol. The van der Waals surface area contributed by atoms with Crippen molar-refractivity contribution in [3.63, 3.8) is 0 Å². The number of carbonyl (C=O) groups is 2. The molecule has 1 heterocycles. The number of amides is 2. The molecule has 1 aliphatic heterocycles. The number of hydrogen-bond donors (Lipinski definition) is 1. The number of aryl methyl sites for hydroxylation is 1. The van der Waals surface area contributed by atoms with E-state index < -0.39 is 0 Å². The van der Waals surface area contributed by atoms with Crippen molar-refractivity contribution < 1.29 is 14.3 Å². The van der Waals surface area contributed by atoms with Crippen molar-refractivity contribution in [2.24, 2.45) is 5.92 Å². The highest BCUT2D eigenvalue weighted by atomic mass is 16.5. The molecule has 0 bridgehead atoms. The minimum atomic E-state index is -0.331. The number of ether oxygens (including phenoxy) is 1. The van der Waals surface area contributed by atoms with Crippen LogP contribution in [0.15, 0.2) is 84.6 Å². The molecule has 0 fully saturated rings. The number of benzene rings is 3. The minimum absolute atomic E-state index is 0.219. The second-order valence-corrected chi connectivity index (χ2v) is 8.60. The van der Waals surface area contributed by atoms with Gasteiger partial charge < -0.3 is 10.1 Å². The van der Waals surface area contributed by atoms with Gasteiger partial charge in [-0.25, -0.2) is 0 Å². The maximum atomic E-state index is 13.5. The average Bonchev–Trinajstić information content (AvgIpc) is 3.04. The van der Waals surface area contributed by atoms with Gasteiger partial charge in [0.2, 0.25) is 0 Å². The Bertz CT molecular complexity index is 1180. The van der Waals surface area contributed by atoms with Crippen molar-refractivity contribution in [3.8, 4) is 5.75 Å². The first-order valence-corrected chi connectivity index (χ1v) is 11.1. The molecule has 2 amide bonds. The Hall–Kier alpha value is -3.86. The number of nitrogens with one attached hydrogen (secondary N) is 1. The van der Waals surface area contributed by atoms with E-state index in [0.717, 1.165) is 22.6 Å². The Morgan fingerprint density at radius 1 is 0.848 bits per heavy atom. The Labute approximate surface area is 194 Å². The molecule has 3 aromatic carbocycles. The molecule has 5 heteroatoms. The number of nitrogens with zero attached hydrogens (tertiary/aromatic N) is 1. The zero-order valence-corrected chi connectivity index (χ0v) is 19.2. The van der Waals surface area contributed by atoms with Crippen molar-refractivity contribution in [3.05, 3.63) is 101 Å². The summed E-state index contributed by atoms with van der Waals surface area (Å²) < 4.78 is 5.78. The van der Waals surface area contributed by atoms with E-state index in [4.69, 9.17) is 4.74 Å². The smallest absolute Gasteiger partial charge is 0.278 e. The molecule has 0 spiro atoms. The number of imide groups is 1. The fourth-order valence-electron chi connectivity index (χ4n) is 3.70. The Morgan fingerprint density at radius 2 is 1.52 bits per heavy atom. The largest absolute Gasteiger partial charge is 0.493 e. The van der Waals surface area contributed by atoms with Crippen LogP contribution in [0.5, 0.6) is 5.75 Å². The molecule has 0 atom stereocenters. The topological polar surface area (TPSA) is 58.6 Å². The van der Waals surface area contributed by atoms with Crippen molar-refractivity contribution in [1.29, 1.82) is 0 Å². The lowest BCUT2D eigenvalue weighted by Crippen LogP contribution is -2.32. The van der Waals surface area contributed by atoms with Gasteiger partial charge in [-0.1, -0.05) is 74.5 Å². The highest BCUT2D eigenvalue weighted by Crippen LogP contribution is 2.33. The van der Waals surface area contributed by atoms with Gasteiger partial charge in [-0.3, -0.25) is 14.5 Å². The normalized spacial score (nSPS) is 13.8. The molecule has 3 aromatic rings. The van der Waals surface area contributed by atoms with Gasteiger partial charge in [0.25, 0.3) is 11.8 Å². The third kappa shape index (κ3) is 4.98. The summed E-state index contributed by atoms with van der Waals surface area (Å²) in [4.78, 5) is 28.2. The van der Waals surface area contributed by atoms with Crippen LogP contribution in [0, 0.1) is 12.8 Å². The van der Waals surface area contributed by atoms with E-state index in [2.05, 4.69) is 19.2 Å². The van der Waals surface area contributed by atoms with Crippen molar-refractivity contribution >= 4 is 23.1 Å². The molecule has 4 rings (SSSR count). The third-order valence-electron chi connectivity index (χ3n) is 5.48. The van der Waals surface area contributed by atoms with Gasteiger partial charge in [-0.05, 0) is 47.7 Å². The fourth-order valence-corrected chi connectivity index (χ4v) is 3.70. The second kappa shape index (κ2) is 9.74. The monoisotopic (exact) mass is 440 g/mol. The number of carbonyl (C=O) groups excluding carboxylic acids is 2. The van der Waals surface area contributed by atoms with E-state index in [9.17, 15) is 9.59 Å². The number of hydrogen-bond acceptors (Lipinski definition) is 4. The van der Waals surface area contributed by atoms with E-state index in [-0.39, 0.29) is 18.4 Å². The summed E-state index contributed by atoms with van der Waals surface area (Å²) in [6, 6.07) is 24.6. The lowest BCUT2D eigenvalue weighted by Gasteiger charge is -2.15. The first-order chi connectivity index (χ1) is 15.9. The second-order valence-electron chi connectivity index (χ2n) is 8.60. The average molecular weight is 441 g/mol. The Balaban J connectivity index is 1.69. The van der Waals surface area contributed by atoms with Crippen molar-refractivity contribution in [2.75, 3.05) is 11.9 Å². The maximum absolute atomic E-state index is 13.5. The van der Waals surface area contributed by atoms with Crippen LogP contribution in [0.4, 0.5) is 5.69 Å². The summed E-state index contributed by atoms with van der Waals surface area (Å²) in [5.41, 5.74) is 4.02. The summed E-state index contributed by atoms with van der Waals surface area (Å²) in [6.07, 6.45) is 0. The van der Waals surface area contributed by atoms with Crippen LogP contribution in [0.1, 0.15) is 30.5 Å². The van der Waals surface area contributed by atoms with E-state index in [1.807, 2.05) is 85.8 Å². The molecule has 0 unspecified atom stereocenters. The van der Waals surface area contributed by atoms with Crippen LogP contribution in [0.2, 0.25) is 0 Å². The summed E-state index contributed by atoms with van der Waals surface area (Å²) in [7, 11) is 0. The number of anilines is 1. The Kier molecular flexibility index (Phi) is 6.59. The van der Waals surface area contributed by atoms with Crippen LogP contribution in [0.25, 0.3) is 5.57 Å². The van der Waals surface area contributed by atoms with Crippen LogP contribution in [0.3, 0.4) is 0 Å². The van der Waals surface area contributed by atoms with Gasteiger partial charge in [0.1, 0.15) is 11.4 Å². The van der Waals surface area contributed by atoms with E-state index in [1.54, 1.807) is 0 Å². The van der Waals surface area contributed by atoms with Crippen molar-refractivity contribution in [2.45, 2.75) is 27.3 Å². The maximum Gasteiger partial charge on any atom is 0.278 e. The van der Waals surface area contributed by atoms with E-state index >= 15 is 0 Å². The zero-order valence-electron chi connectivity index (χ0n) is 19.2. The van der Waals surface area contributed by atoms with Gasteiger partial charge in [0, 0.05) is 5.69 Å². The van der Waals surface area contributed by atoms with Crippen LogP contribution in [-0.2, 0) is 16.1 Å². The van der Waals surface area contributed by atoms with Gasteiger partial charge in [-0.15, -0.1) is 0 Å². The van der Waals surface area contributed by atoms with Gasteiger partial charge in [0.15, 0.2) is 0 Å². The summed E-state index contributed by atoms with van der Waals surface area (Å²) >= 11 is 0. The SMILES string of the molecule is Cc1ccccc1NC1=C(c2ccc(OCC(C)C)cc2)C(=O)N(Cc2ccccc2)C1=O. The molecule has 5 nitrogen and oxygen atoms in total. The molecule has 33 heavy (non-hydrogen) atoms. The van der Waals surface area contributed by atoms with Gasteiger partial charge >= 0.3 is 0 Å². The van der Waals surface area contributed by atoms with Crippen LogP contribution >= 0.6 is 0 Å². The Morgan fingerprint density at radius 3 is 2.18 bits per heavy atom. The molecule has 168 valence electrons. The fraction of sp³-hybridized carbons (Fsp3) is 0.214. The number of rotatable bonds is 8. The quantitative estimate of drug-likeness (QED) is 0.475. The molecule has 0 aliphatic carbocycles. The predicted octanol–water partition coefficient (Wildman–Crippen LogP) is 5.42. The van der Waals surface area contributed by atoms with E-state index in [1.165, 1.54) is 4.90 Å². The lowest BCUT2D eigenvalue weighted by atomic mass is 10.0. The summed E-state index contributed by atoms with van der Waals surface area (Å²) in [6.45, 7) is 6.98. The molecular weight excluding hydrogens is 412 g/mol. The summed E-state index contributed by atoms with van der Waals surface area (Å²) in [5.74, 6) is 0.510. The van der Waals surface area contributed by atoms with Crippen LogP contribution < -0.4 is 10.1 Å². The zero-order chi connectivity index (χ0) is 23.4.